The number of carbonyl (C=O) groups excluding carboxylic acids is 1. The maximum atomic E-state index is 14.5. The Kier molecular flexibility index (Phi) is 10.0. The number of methoxy groups -OCH3 is 1. The van der Waals surface area contributed by atoms with Gasteiger partial charge in [0, 0.05) is 35.7 Å². The first-order valence-electron chi connectivity index (χ1n) is 15.9. The Hall–Kier alpha value is -0.670. The number of alkyl halides is 1. The minimum absolute atomic E-state index is 0.131. The lowest BCUT2D eigenvalue weighted by molar-refractivity contribution is -0.162. The van der Waals surface area contributed by atoms with E-state index in [9.17, 15) is 19.8 Å². The number of carboxylic acids is 1. The minimum atomic E-state index is -0.997. The summed E-state index contributed by atoms with van der Waals surface area (Å²) in [7, 11) is 1.79. The molecule has 1 amide bonds. The third-order valence-corrected chi connectivity index (χ3v) is 13.0. The maximum absolute atomic E-state index is 14.5. The van der Waals surface area contributed by atoms with Crippen molar-refractivity contribution in [3.05, 3.63) is 11.1 Å². The van der Waals surface area contributed by atoms with Crippen LogP contribution in [0.4, 0.5) is 0 Å². The molecular formula is C32H50INO5. The standard InChI is InChI=1S/C32H50INO5/c1-39-28-13-7-3-9-24(28)19-34-29(22-16-14-21(20-35)15-17-22)32(31(37)38,18-23-8-2-6-12-27(23)33)26-11-5-4-10-25(26)30(34)36/h21-24,27-29,35H,2-20H2,1H3,(H,37,38)/t21?,22?,23?,24?,27?,28?,29-,32-/m0/s1. The highest BCUT2D eigenvalue weighted by Crippen LogP contribution is 2.56. The Morgan fingerprint density at radius 2 is 1.62 bits per heavy atom. The third-order valence-electron chi connectivity index (χ3n) is 11.3. The van der Waals surface area contributed by atoms with E-state index in [0.717, 1.165) is 94.6 Å². The number of aliphatic carboxylic acids is 1. The Bertz CT molecular complexity index is 914. The average Bonchev–Trinajstić information content (AvgIpc) is 2.97. The number of halogens is 1. The second-order valence-electron chi connectivity index (χ2n) is 13.4. The average molecular weight is 656 g/mol. The SMILES string of the molecule is COC1CCCCC1CN1C(=O)C2=C(CCCC2)[C@](CC2CCCCC2I)(C(=O)O)[C@@H]1C1CCC(CO)CC1. The molecule has 0 aromatic rings. The van der Waals surface area contributed by atoms with Crippen molar-refractivity contribution in [1.29, 1.82) is 0 Å². The molecule has 1 aliphatic heterocycles. The molecule has 0 aromatic carbocycles. The number of aliphatic hydroxyl groups is 1. The lowest BCUT2D eigenvalue weighted by Gasteiger charge is -2.56. The zero-order chi connectivity index (χ0) is 27.6. The molecule has 6 atom stereocenters. The highest BCUT2D eigenvalue weighted by molar-refractivity contribution is 14.1. The van der Waals surface area contributed by atoms with Crippen LogP contribution in [0.25, 0.3) is 0 Å². The second kappa shape index (κ2) is 13.1. The summed E-state index contributed by atoms with van der Waals surface area (Å²) >= 11 is 2.59. The monoisotopic (exact) mass is 655 g/mol. The highest BCUT2D eigenvalue weighted by atomic mass is 127. The molecule has 3 saturated carbocycles. The predicted molar refractivity (Wildman–Crippen MR) is 161 cm³/mol. The lowest BCUT2D eigenvalue weighted by atomic mass is 9.56. The number of nitrogens with zero attached hydrogens (tertiary/aromatic N) is 1. The largest absolute Gasteiger partial charge is 0.481 e. The normalized spacial score (nSPS) is 39.9. The van der Waals surface area contributed by atoms with E-state index in [4.69, 9.17) is 4.74 Å². The van der Waals surface area contributed by atoms with Gasteiger partial charge in [0.05, 0.1) is 12.1 Å². The van der Waals surface area contributed by atoms with Crippen LogP contribution in [-0.2, 0) is 14.3 Å². The molecule has 39 heavy (non-hydrogen) atoms. The molecule has 0 spiro atoms. The topological polar surface area (TPSA) is 87.1 Å². The number of amides is 1. The molecule has 6 nitrogen and oxygen atoms in total. The summed E-state index contributed by atoms with van der Waals surface area (Å²) in [5.41, 5.74) is 0.843. The number of carbonyl (C=O) groups is 2. The van der Waals surface area contributed by atoms with Crippen LogP contribution in [0, 0.1) is 29.1 Å². The third kappa shape index (κ3) is 5.84. The Morgan fingerprint density at radius 3 is 2.28 bits per heavy atom. The summed E-state index contributed by atoms with van der Waals surface area (Å²) in [6.45, 7) is 0.821. The van der Waals surface area contributed by atoms with Gasteiger partial charge in [-0.3, -0.25) is 9.59 Å². The molecule has 220 valence electrons. The number of rotatable bonds is 8. The fourth-order valence-corrected chi connectivity index (χ4v) is 10.3. The van der Waals surface area contributed by atoms with E-state index in [1.54, 1.807) is 7.11 Å². The lowest BCUT2D eigenvalue weighted by Crippen LogP contribution is -2.64. The van der Waals surface area contributed by atoms with Crippen LogP contribution >= 0.6 is 22.6 Å². The zero-order valence-electron chi connectivity index (χ0n) is 23.9. The van der Waals surface area contributed by atoms with Gasteiger partial charge in [0.2, 0.25) is 5.91 Å². The zero-order valence-corrected chi connectivity index (χ0v) is 26.1. The number of ether oxygens (including phenoxy) is 1. The fraction of sp³-hybridized carbons (Fsp3) is 0.875. The van der Waals surface area contributed by atoms with Gasteiger partial charge >= 0.3 is 5.97 Å². The van der Waals surface area contributed by atoms with Crippen molar-refractivity contribution in [3.63, 3.8) is 0 Å². The van der Waals surface area contributed by atoms with Crippen LogP contribution in [0.2, 0.25) is 0 Å². The smallest absolute Gasteiger partial charge is 0.315 e. The van der Waals surface area contributed by atoms with Gasteiger partial charge in [-0.25, -0.2) is 0 Å². The van der Waals surface area contributed by atoms with Crippen molar-refractivity contribution in [2.75, 3.05) is 20.3 Å². The van der Waals surface area contributed by atoms with Crippen LogP contribution in [0.5, 0.6) is 0 Å². The van der Waals surface area contributed by atoms with Gasteiger partial charge in [0.25, 0.3) is 0 Å². The summed E-state index contributed by atoms with van der Waals surface area (Å²) in [6, 6.07) is -0.302. The number of hydrogen-bond donors (Lipinski definition) is 2. The van der Waals surface area contributed by atoms with E-state index in [1.165, 1.54) is 19.3 Å². The van der Waals surface area contributed by atoms with Crippen LogP contribution in [0.1, 0.15) is 109 Å². The van der Waals surface area contributed by atoms with Crippen molar-refractivity contribution in [3.8, 4) is 0 Å². The molecule has 0 saturated heterocycles. The Labute approximate surface area is 248 Å². The van der Waals surface area contributed by atoms with Crippen molar-refractivity contribution < 1.29 is 24.5 Å². The van der Waals surface area contributed by atoms with Crippen LogP contribution in [0.15, 0.2) is 11.1 Å². The molecule has 5 rings (SSSR count). The first kappa shape index (κ1) is 29.8. The van der Waals surface area contributed by atoms with Crippen LogP contribution < -0.4 is 0 Å². The van der Waals surface area contributed by atoms with Crippen molar-refractivity contribution >= 4 is 34.5 Å². The molecular weight excluding hydrogens is 605 g/mol. The van der Waals surface area contributed by atoms with Crippen molar-refractivity contribution in [2.24, 2.45) is 29.1 Å². The minimum Gasteiger partial charge on any atom is -0.481 e. The summed E-state index contributed by atoms with van der Waals surface area (Å²) in [5.74, 6) is 0.526. The van der Waals surface area contributed by atoms with Gasteiger partial charge in [-0.05, 0) is 107 Å². The van der Waals surface area contributed by atoms with Crippen LogP contribution in [-0.4, -0.2) is 63.3 Å². The molecule has 0 aromatic heterocycles. The summed E-state index contributed by atoms with van der Waals surface area (Å²) in [6.07, 6.45) is 16.9. The first-order chi connectivity index (χ1) is 18.9. The van der Waals surface area contributed by atoms with E-state index in [2.05, 4.69) is 27.5 Å². The highest BCUT2D eigenvalue weighted by Gasteiger charge is 2.60. The Balaban J connectivity index is 1.61. The van der Waals surface area contributed by atoms with E-state index in [1.807, 2.05) is 0 Å². The van der Waals surface area contributed by atoms with Crippen molar-refractivity contribution in [1.82, 2.24) is 4.90 Å². The predicted octanol–water partition coefficient (Wildman–Crippen LogP) is 6.53. The number of hydrogen-bond acceptors (Lipinski definition) is 4. The second-order valence-corrected chi connectivity index (χ2v) is 15.0. The summed E-state index contributed by atoms with van der Waals surface area (Å²) < 4.78 is 6.43. The van der Waals surface area contributed by atoms with E-state index in [0.29, 0.717) is 28.7 Å². The van der Waals surface area contributed by atoms with Gasteiger partial charge in [-0.2, -0.15) is 0 Å². The van der Waals surface area contributed by atoms with Gasteiger partial charge < -0.3 is 19.8 Å². The van der Waals surface area contributed by atoms with E-state index >= 15 is 0 Å². The molecule has 2 N–H and O–H groups in total. The van der Waals surface area contributed by atoms with Gasteiger partial charge in [-0.15, -0.1) is 0 Å². The molecule has 3 fully saturated rings. The van der Waals surface area contributed by atoms with Gasteiger partial charge in [0.15, 0.2) is 0 Å². The van der Waals surface area contributed by atoms with Gasteiger partial charge in [-0.1, -0.05) is 48.3 Å². The quantitative estimate of drug-likeness (QED) is 0.230. The molecule has 0 radical (unpaired) electrons. The van der Waals surface area contributed by atoms with Crippen molar-refractivity contribution in [2.45, 2.75) is 125 Å². The number of aliphatic hydroxyl groups excluding tert-OH is 1. The molecule has 4 aliphatic carbocycles. The van der Waals surface area contributed by atoms with Gasteiger partial charge in [0.1, 0.15) is 5.41 Å². The molecule has 4 unspecified atom stereocenters. The summed E-state index contributed by atoms with van der Waals surface area (Å²) in [5, 5.41) is 21.3. The maximum Gasteiger partial charge on any atom is 0.315 e. The van der Waals surface area contributed by atoms with Crippen LogP contribution in [0.3, 0.4) is 0 Å². The van der Waals surface area contributed by atoms with E-state index in [-0.39, 0.29) is 36.5 Å². The summed E-state index contributed by atoms with van der Waals surface area (Å²) in [4.78, 5) is 30.5. The Morgan fingerprint density at radius 1 is 0.949 bits per heavy atom. The molecule has 1 heterocycles. The van der Waals surface area contributed by atoms with E-state index < -0.39 is 11.4 Å². The first-order valence-corrected chi connectivity index (χ1v) is 17.2. The molecule has 0 bridgehead atoms. The molecule has 7 heteroatoms. The molecule has 5 aliphatic rings. The number of carboxylic acid groups (broad SMARTS) is 1. The fourth-order valence-electron chi connectivity index (χ4n) is 9.26.